The van der Waals surface area contributed by atoms with Gasteiger partial charge in [0.2, 0.25) is 5.91 Å². The lowest BCUT2D eigenvalue weighted by Crippen LogP contribution is -2.40. The molecule has 0 spiro atoms. The Bertz CT molecular complexity index is 397. The van der Waals surface area contributed by atoms with Crippen molar-refractivity contribution in [3.8, 4) is 0 Å². The van der Waals surface area contributed by atoms with Gasteiger partial charge < -0.3 is 10.2 Å². The number of carbonyl (C=O) groups is 1. The molecule has 1 saturated heterocycles. The molecule has 0 bridgehead atoms. The van der Waals surface area contributed by atoms with Gasteiger partial charge in [-0.2, -0.15) is 0 Å². The quantitative estimate of drug-likeness (QED) is 0.930. The normalized spacial score (nSPS) is 16.7. The van der Waals surface area contributed by atoms with Gasteiger partial charge in [0.15, 0.2) is 0 Å². The number of nitrogens with one attached hydrogen (secondary N) is 1. The van der Waals surface area contributed by atoms with E-state index in [4.69, 9.17) is 0 Å². The molecular weight excluding hydrogens is 292 g/mol. The van der Waals surface area contributed by atoms with Crippen molar-refractivity contribution in [2.75, 3.05) is 25.0 Å². The Morgan fingerprint density at radius 3 is 2.56 bits per heavy atom. The van der Waals surface area contributed by atoms with Gasteiger partial charge in [-0.1, -0.05) is 22.9 Å². The summed E-state index contributed by atoms with van der Waals surface area (Å²) in [7, 11) is 0. The van der Waals surface area contributed by atoms with Crippen LogP contribution >= 0.6 is 15.9 Å². The van der Waals surface area contributed by atoms with Gasteiger partial charge in [-0.3, -0.25) is 4.79 Å². The van der Waals surface area contributed by atoms with Gasteiger partial charge in [0, 0.05) is 23.2 Å². The lowest BCUT2D eigenvalue weighted by atomic mass is 9.99. The van der Waals surface area contributed by atoms with E-state index >= 15 is 0 Å². The highest BCUT2D eigenvalue weighted by atomic mass is 79.9. The first-order valence-electron chi connectivity index (χ1n) is 6.42. The van der Waals surface area contributed by atoms with Gasteiger partial charge in [-0.05, 0) is 43.0 Å². The largest absolute Gasteiger partial charge is 0.376 e. The molecule has 0 atom stereocenters. The third kappa shape index (κ3) is 3.73. The number of rotatable bonds is 3. The van der Waals surface area contributed by atoms with E-state index in [0.717, 1.165) is 42.0 Å². The Hall–Kier alpha value is -1.03. The Labute approximate surface area is 117 Å². The van der Waals surface area contributed by atoms with Crippen molar-refractivity contribution in [2.24, 2.45) is 5.92 Å². The summed E-state index contributed by atoms with van der Waals surface area (Å²) in [4.78, 5) is 14.0. The average Bonchev–Trinajstić information content (AvgIpc) is 2.38. The topological polar surface area (TPSA) is 32.3 Å². The summed E-state index contributed by atoms with van der Waals surface area (Å²) in [6.07, 6.45) is 2.26. The number of nitrogens with zero attached hydrogens (tertiary/aromatic N) is 1. The minimum atomic E-state index is 0.199. The summed E-state index contributed by atoms with van der Waals surface area (Å²) in [6.45, 7) is 4.45. The van der Waals surface area contributed by atoms with Crippen LogP contribution in [0.5, 0.6) is 0 Å². The van der Waals surface area contributed by atoms with Crippen molar-refractivity contribution in [1.82, 2.24) is 4.90 Å². The number of anilines is 1. The third-order valence-corrected chi connectivity index (χ3v) is 3.95. The van der Waals surface area contributed by atoms with Crippen molar-refractivity contribution < 1.29 is 4.79 Å². The van der Waals surface area contributed by atoms with Gasteiger partial charge in [0.25, 0.3) is 0 Å². The van der Waals surface area contributed by atoms with Crippen LogP contribution in [0.15, 0.2) is 28.7 Å². The van der Waals surface area contributed by atoms with Crippen LogP contribution < -0.4 is 5.32 Å². The molecule has 1 aromatic rings. The number of carbonyl (C=O) groups excluding carboxylic acids is 1. The lowest BCUT2D eigenvalue weighted by molar-refractivity contribution is -0.130. The maximum atomic E-state index is 12.0. The van der Waals surface area contributed by atoms with Gasteiger partial charge >= 0.3 is 0 Å². The Morgan fingerprint density at radius 2 is 1.94 bits per heavy atom. The predicted octanol–water partition coefficient (Wildman–Crippen LogP) is 3.12. The number of likely N-dealkylation sites (tertiary alicyclic amines) is 1. The molecular formula is C14H19BrN2O. The number of piperidine rings is 1. The van der Waals surface area contributed by atoms with Crippen molar-refractivity contribution in [3.05, 3.63) is 28.7 Å². The first kappa shape index (κ1) is 13.4. The molecule has 1 amide bonds. The van der Waals surface area contributed by atoms with Crippen molar-refractivity contribution in [3.63, 3.8) is 0 Å². The minimum Gasteiger partial charge on any atom is -0.376 e. The molecule has 1 fully saturated rings. The highest BCUT2D eigenvalue weighted by molar-refractivity contribution is 9.10. The molecule has 0 saturated carbocycles. The minimum absolute atomic E-state index is 0.199. The van der Waals surface area contributed by atoms with E-state index in [0.29, 0.717) is 6.54 Å². The van der Waals surface area contributed by atoms with Crippen LogP contribution in [0.2, 0.25) is 0 Å². The molecule has 0 aliphatic carbocycles. The lowest BCUT2D eigenvalue weighted by Gasteiger charge is -2.30. The van der Waals surface area contributed by atoms with Gasteiger partial charge in [-0.15, -0.1) is 0 Å². The van der Waals surface area contributed by atoms with Crippen LogP contribution in [-0.4, -0.2) is 30.4 Å². The highest BCUT2D eigenvalue weighted by Crippen LogP contribution is 2.17. The van der Waals surface area contributed by atoms with E-state index in [-0.39, 0.29) is 5.91 Å². The Kier molecular flexibility index (Phi) is 4.64. The van der Waals surface area contributed by atoms with Crippen LogP contribution in [0.1, 0.15) is 19.8 Å². The van der Waals surface area contributed by atoms with Crippen LogP contribution in [0.25, 0.3) is 0 Å². The van der Waals surface area contributed by atoms with Gasteiger partial charge in [-0.25, -0.2) is 0 Å². The fourth-order valence-electron chi connectivity index (χ4n) is 2.12. The van der Waals surface area contributed by atoms with E-state index in [9.17, 15) is 4.79 Å². The van der Waals surface area contributed by atoms with E-state index < -0.39 is 0 Å². The number of amides is 1. The molecule has 1 aromatic carbocycles. The van der Waals surface area contributed by atoms with E-state index in [1.165, 1.54) is 0 Å². The predicted molar refractivity (Wildman–Crippen MR) is 77.6 cm³/mol. The summed E-state index contributed by atoms with van der Waals surface area (Å²) in [5.74, 6) is 0.957. The van der Waals surface area contributed by atoms with Crippen LogP contribution in [0.3, 0.4) is 0 Å². The molecule has 0 radical (unpaired) electrons. The van der Waals surface area contributed by atoms with Crippen LogP contribution in [0, 0.1) is 5.92 Å². The van der Waals surface area contributed by atoms with Crippen molar-refractivity contribution >= 4 is 27.5 Å². The molecule has 2 rings (SSSR count). The number of benzene rings is 1. The standard InChI is InChI=1S/C14H19BrN2O/c1-11-6-8-17(9-7-11)14(18)10-16-13-4-2-12(15)3-5-13/h2-5,11,16H,6-10H2,1H3. The monoisotopic (exact) mass is 310 g/mol. The smallest absolute Gasteiger partial charge is 0.241 e. The van der Waals surface area contributed by atoms with Crippen molar-refractivity contribution in [2.45, 2.75) is 19.8 Å². The average molecular weight is 311 g/mol. The zero-order chi connectivity index (χ0) is 13.0. The third-order valence-electron chi connectivity index (χ3n) is 3.42. The maximum Gasteiger partial charge on any atom is 0.241 e. The Balaban J connectivity index is 1.79. The fraction of sp³-hybridized carbons (Fsp3) is 0.500. The number of hydrogen-bond donors (Lipinski definition) is 1. The second-order valence-electron chi connectivity index (χ2n) is 4.92. The second-order valence-corrected chi connectivity index (χ2v) is 5.84. The molecule has 4 heteroatoms. The summed E-state index contributed by atoms with van der Waals surface area (Å²) in [5.41, 5.74) is 0.983. The maximum absolute atomic E-state index is 12.0. The summed E-state index contributed by atoms with van der Waals surface area (Å²) in [5, 5.41) is 3.17. The molecule has 0 aromatic heterocycles. The van der Waals surface area contributed by atoms with Crippen molar-refractivity contribution in [1.29, 1.82) is 0 Å². The first-order chi connectivity index (χ1) is 8.65. The Morgan fingerprint density at radius 1 is 1.33 bits per heavy atom. The number of hydrogen-bond acceptors (Lipinski definition) is 2. The van der Waals surface area contributed by atoms with Gasteiger partial charge in [0.05, 0.1) is 6.54 Å². The van der Waals surface area contributed by atoms with E-state index in [1.807, 2.05) is 29.2 Å². The highest BCUT2D eigenvalue weighted by Gasteiger charge is 2.19. The molecule has 0 unspecified atom stereocenters. The molecule has 1 N–H and O–H groups in total. The summed E-state index contributed by atoms with van der Waals surface area (Å²) >= 11 is 3.39. The zero-order valence-corrected chi connectivity index (χ0v) is 12.2. The van der Waals surface area contributed by atoms with E-state index in [2.05, 4.69) is 28.2 Å². The van der Waals surface area contributed by atoms with Crippen LogP contribution in [0.4, 0.5) is 5.69 Å². The summed E-state index contributed by atoms with van der Waals surface area (Å²) in [6, 6.07) is 7.87. The van der Waals surface area contributed by atoms with Crippen LogP contribution in [-0.2, 0) is 4.79 Å². The molecule has 98 valence electrons. The van der Waals surface area contributed by atoms with Gasteiger partial charge in [0.1, 0.15) is 0 Å². The molecule has 1 aliphatic heterocycles. The fourth-order valence-corrected chi connectivity index (χ4v) is 2.38. The summed E-state index contributed by atoms with van der Waals surface area (Å²) < 4.78 is 1.05. The molecule has 1 heterocycles. The molecule has 1 aliphatic rings. The molecule has 18 heavy (non-hydrogen) atoms. The first-order valence-corrected chi connectivity index (χ1v) is 7.21. The number of halogens is 1. The SMILES string of the molecule is CC1CCN(C(=O)CNc2ccc(Br)cc2)CC1. The van der Waals surface area contributed by atoms with E-state index in [1.54, 1.807) is 0 Å². The second kappa shape index (κ2) is 6.23. The zero-order valence-electron chi connectivity index (χ0n) is 10.7. The molecule has 3 nitrogen and oxygen atoms in total.